The van der Waals surface area contributed by atoms with Gasteiger partial charge in [0.15, 0.2) is 0 Å². The lowest BCUT2D eigenvalue weighted by Gasteiger charge is -2.19. The third-order valence-electron chi connectivity index (χ3n) is 5.73. The average Bonchev–Trinajstić information content (AvgIpc) is 3.15. The number of nitrogens with zero attached hydrogens (tertiary/aromatic N) is 2. The molecule has 1 amide bonds. The molecule has 0 spiro atoms. The summed E-state index contributed by atoms with van der Waals surface area (Å²) in [7, 11) is -3.52. The first-order valence-corrected chi connectivity index (χ1v) is 12.7. The molecule has 8 nitrogen and oxygen atoms in total. The summed E-state index contributed by atoms with van der Waals surface area (Å²) < 4.78 is 37.7. The number of hydrogen-bond acceptors (Lipinski definition) is 6. The third-order valence-corrected chi connectivity index (χ3v) is 7.80. The second-order valence-corrected chi connectivity index (χ2v) is 9.91. The summed E-state index contributed by atoms with van der Waals surface area (Å²) in [6.07, 6.45) is 0. The summed E-state index contributed by atoms with van der Waals surface area (Å²) in [5.41, 5.74) is 2.92. The van der Waals surface area contributed by atoms with Gasteiger partial charge in [-0.05, 0) is 56.7 Å². The van der Waals surface area contributed by atoms with Crippen LogP contribution >= 0.6 is 0 Å². The van der Waals surface area contributed by atoms with E-state index in [1.165, 1.54) is 4.31 Å². The number of nitrogens with one attached hydrogen (secondary N) is 1. The van der Waals surface area contributed by atoms with Crippen molar-refractivity contribution in [3.63, 3.8) is 0 Å². The van der Waals surface area contributed by atoms with Crippen LogP contribution in [0.25, 0.3) is 0 Å². The van der Waals surface area contributed by atoms with Crippen LogP contribution in [0.15, 0.2) is 57.9 Å². The average molecular weight is 486 g/mol. The largest absolute Gasteiger partial charge is 0.489 e. The lowest BCUT2D eigenvalue weighted by molar-refractivity contribution is 0.0939. The van der Waals surface area contributed by atoms with Gasteiger partial charge in [-0.25, -0.2) is 8.42 Å². The van der Waals surface area contributed by atoms with Crippen molar-refractivity contribution in [3.8, 4) is 5.75 Å². The molecule has 0 aliphatic carbocycles. The van der Waals surface area contributed by atoms with Crippen molar-refractivity contribution >= 4 is 15.9 Å². The number of aryl methyl sites for hydroxylation is 2. The number of hydrogen-bond donors (Lipinski definition) is 1. The van der Waals surface area contributed by atoms with E-state index in [0.717, 1.165) is 16.8 Å². The zero-order valence-electron chi connectivity index (χ0n) is 20.2. The zero-order chi connectivity index (χ0) is 24.9. The Balaban J connectivity index is 1.66. The summed E-state index contributed by atoms with van der Waals surface area (Å²) >= 11 is 0. The molecule has 0 radical (unpaired) electrons. The van der Waals surface area contributed by atoms with Crippen LogP contribution < -0.4 is 10.1 Å². The van der Waals surface area contributed by atoms with E-state index in [1.807, 2.05) is 34.6 Å². The topological polar surface area (TPSA) is 102 Å². The lowest BCUT2D eigenvalue weighted by Crippen LogP contribution is -2.30. The van der Waals surface area contributed by atoms with E-state index in [0.29, 0.717) is 36.8 Å². The van der Waals surface area contributed by atoms with Crippen molar-refractivity contribution in [1.82, 2.24) is 14.8 Å². The van der Waals surface area contributed by atoms with Crippen LogP contribution in [0.3, 0.4) is 0 Å². The van der Waals surface area contributed by atoms with Crippen LogP contribution in [-0.2, 0) is 16.6 Å². The van der Waals surface area contributed by atoms with E-state index in [1.54, 1.807) is 48.5 Å². The summed E-state index contributed by atoms with van der Waals surface area (Å²) in [5.74, 6) is 1.01. The van der Waals surface area contributed by atoms with Crippen LogP contribution in [0.2, 0.25) is 0 Å². The summed E-state index contributed by atoms with van der Waals surface area (Å²) in [6.45, 7) is 10.3. The number of rotatable bonds is 10. The third kappa shape index (κ3) is 5.66. The van der Waals surface area contributed by atoms with Crippen molar-refractivity contribution in [1.29, 1.82) is 0 Å². The molecule has 3 rings (SSSR count). The van der Waals surface area contributed by atoms with Crippen LogP contribution in [0, 0.1) is 13.8 Å². The summed E-state index contributed by atoms with van der Waals surface area (Å²) in [4.78, 5) is 13.1. The molecule has 1 aromatic heterocycles. The van der Waals surface area contributed by atoms with E-state index in [2.05, 4.69) is 10.5 Å². The number of benzene rings is 2. The Hall–Kier alpha value is -3.17. The minimum absolute atomic E-state index is 0.238. The fourth-order valence-corrected chi connectivity index (χ4v) is 5.05. The predicted octanol–water partition coefficient (Wildman–Crippen LogP) is 4.39. The van der Waals surface area contributed by atoms with Gasteiger partial charge < -0.3 is 14.6 Å². The number of sulfonamides is 1. The Morgan fingerprint density at radius 3 is 2.38 bits per heavy atom. The predicted molar refractivity (Wildman–Crippen MR) is 129 cm³/mol. The molecule has 182 valence electrons. The normalized spacial score (nSPS) is 12.5. The highest BCUT2D eigenvalue weighted by Crippen LogP contribution is 2.21. The van der Waals surface area contributed by atoms with E-state index in [4.69, 9.17) is 9.26 Å². The van der Waals surface area contributed by atoms with Gasteiger partial charge in [0.2, 0.25) is 10.0 Å². The van der Waals surface area contributed by atoms with Crippen molar-refractivity contribution in [2.24, 2.45) is 0 Å². The molecule has 0 fully saturated rings. The number of amides is 1. The first-order valence-electron chi connectivity index (χ1n) is 11.2. The molecule has 34 heavy (non-hydrogen) atoms. The fourth-order valence-electron chi connectivity index (χ4n) is 3.59. The number of aromatic nitrogens is 1. The standard InChI is InChI=1S/C25H31N3O5S/c1-6-28(7-2)34(30,31)23-13-11-20(12-14-23)17(3)26-25(29)21-9-8-10-22(15-21)32-16-24-18(4)27-33-19(24)5/h8-15,17H,6-7,16H2,1-5H3,(H,26,29). The molecule has 1 atom stereocenters. The van der Waals surface area contributed by atoms with Crippen LogP contribution in [0.4, 0.5) is 0 Å². The van der Waals surface area contributed by atoms with E-state index in [-0.39, 0.29) is 16.8 Å². The zero-order valence-corrected chi connectivity index (χ0v) is 21.0. The number of carbonyl (C=O) groups excluding carboxylic acids is 1. The Morgan fingerprint density at radius 1 is 1.12 bits per heavy atom. The molecule has 1 heterocycles. The molecule has 0 aliphatic heterocycles. The first-order chi connectivity index (χ1) is 16.2. The highest BCUT2D eigenvalue weighted by Gasteiger charge is 2.22. The molecule has 3 aromatic rings. The molecule has 2 aromatic carbocycles. The molecule has 1 unspecified atom stereocenters. The van der Waals surface area contributed by atoms with Crippen molar-refractivity contribution < 1.29 is 22.5 Å². The van der Waals surface area contributed by atoms with E-state index >= 15 is 0 Å². The second-order valence-electron chi connectivity index (χ2n) is 7.97. The maximum absolute atomic E-state index is 12.8. The Kier molecular flexibility index (Phi) is 8.11. The Bertz CT molecular complexity index is 1210. The summed E-state index contributed by atoms with van der Waals surface area (Å²) in [5, 5.41) is 6.87. The van der Waals surface area contributed by atoms with Gasteiger partial charge in [0.1, 0.15) is 18.1 Å². The summed E-state index contributed by atoms with van der Waals surface area (Å²) in [6, 6.07) is 13.2. The second kappa shape index (κ2) is 10.8. The Labute approximate surface area is 201 Å². The van der Waals surface area contributed by atoms with Gasteiger partial charge in [-0.2, -0.15) is 4.31 Å². The van der Waals surface area contributed by atoms with Gasteiger partial charge >= 0.3 is 0 Å². The molecular formula is C25H31N3O5S. The molecule has 1 N–H and O–H groups in total. The van der Waals surface area contributed by atoms with E-state index < -0.39 is 10.0 Å². The van der Waals surface area contributed by atoms with Crippen molar-refractivity contribution in [3.05, 3.63) is 76.7 Å². The lowest BCUT2D eigenvalue weighted by atomic mass is 10.1. The van der Waals surface area contributed by atoms with E-state index in [9.17, 15) is 13.2 Å². The SMILES string of the molecule is CCN(CC)S(=O)(=O)c1ccc(C(C)NC(=O)c2cccc(OCc3c(C)noc3C)c2)cc1. The molecule has 0 saturated heterocycles. The maximum atomic E-state index is 12.8. The van der Waals surface area contributed by atoms with Crippen LogP contribution in [0.5, 0.6) is 5.75 Å². The highest BCUT2D eigenvalue weighted by molar-refractivity contribution is 7.89. The van der Waals surface area contributed by atoms with Crippen LogP contribution in [-0.4, -0.2) is 36.9 Å². The smallest absolute Gasteiger partial charge is 0.251 e. The Morgan fingerprint density at radius 2 is 1.79 bits per heavy atom. The minimum atomic E-state index is -3.52. The quantitative estimate of drug-likeness (QED) is 0.457. The number of ether oxygens (including phenoxy) is 1. The molecule has 9 heteroatoms. The molecule has 0 bridgehead atoms. The van der Waals surface area contributed by atoms with Crippen molar-refractivity contribution in [2.45, 2.75) is 52.2 Å². The van der Waals surface area contributed by atoms with Gasteiger partial charge in [0.05, 0.1) is 22.2 Å². The van der Waals surface area contributed by atoms with Gasteiger partial charge in [0, 0.05) is 18.7 Å². The van der Waals surface area contributed by atoms with Gasteiger partial charge in [-0.1, -0.05) is 37.2 Å². The van der Waals surface area contributed by atoms with Crippen LogP contribution in [0.1, 0.15) is 59.8 Å². The number of carbonyl (C=O) groups is 1. The van der Waals surface area contributed by atoms with Gasteiger partial charge in [-0.15, -0.1) is 0 Å². The van der Waals surface area contributed by atoms with Gasteiger partial charge in [0.25, 0.3) is 5.91 Å². The molecule has 0 aliphatic rings. The maximum Gasteiger partial charge on any atom is 0.251 e. The molecule has 0 saturated carbocycles. The van der Waals surface area contributed by atoms with Crippen molar-refractivity contribution in [2.75, 3.05) is 13.1 Å². The molecular weight excluding hydrogens is 454 g/mol. The van der Waals surface area contributed by atoms with Gasteiger partial charge in [-0.3, -0.25) is 4.79 Å². The minimum Gasteiger partial charge on any atom is -0.489 e. The highest BCUT2D eigenvalue weighted by atomic mass is 32.2. The monoisotopic (exact) mass is 485 g/mol. The first kappa shape index (κ1) is 25.5. The fraction of sp³-hybridized carbons (Fsp3) is 0.360.